The summed E-state index contributed by atoms with van der Waals surface area (Å²) in [7, 11) is 1.50. The Hall–Kier alpha value is -3.36. The molecule has 2 unspecified atom stereocenters. The Morgan fingerprint density at radius 1 is 1.16 bits per heavy atom. The van der Waals surface area contributed by atoms with Crippen molar-refractivity contribution in [1.82, 2.24) is 10.3 Å². The maximum Gasteiger partial charge on any atom is 0.313 e. The van der Waals surface area contributed by atoms with Crippen molar-refractivity contribution in [3.05, 3.63) is 70.4 Å². The van der Waals surface area contributed by atoms with Crippen LogP contribution in [0.5, 0.6) is 0 Å². The van der Waals surface area contributed by atoms with Gasteiger partial charge in [0.1, 0.15) is 5.69 Å². The summed E-state index contributed by atoms with van der Waals surface area (Å²) in [5, 5.41) is 14.3. The smallest absolute Gasteiger partial charge is 0.313 e. The average Bonchev–Trinajstić information content (AvgIpc) is 3.48. The summed E-state index contributed by atoms with van der Waals surface area (Å²) in [6.45, 7) is 5.95. The van der Waals surface area contributed by atoms with Crippen LogP contribution in [0.1, 0.15) is 61.1 Å². The Bertz CT molecular complexity index is 1290. The van der Waals surface area contributed by atoms with Crippen molar-refractivity contribution in [2.75, 3.05) is 20.3 Å². The molecule has 0 saturated heterocycles. The summed E-state index contributed by atoms with van der Waals surface area (Å²) >= 11 is 6.09. The minimum Gasteiger partial charge on any atom is -0.481 e. The largest absolute Gasteiger partial charge is 0.481 e. The number of methoxy groups -OCH3 is 1. The Morgan fingerprint density at radius 2 is 1.89 bits per heavy atom. The Kier molecular flexibility index (Phi) is 9.94. The fourth-order valence-electron chi connectivity index (χ4n) is 5.37. The number of hydrogen-bond donors (Lipinski definition) is 3. The molecule has 3 atom stereocenters. The number of rotatable bonds is 10. The summed E-state index contributed by atoms with van der Waals surface area (Å²) in [6, 6.07) is 14.0. The highest BCUT2D eigenvalue weighted by molar-refractivity contribution is 6.31. The van der Waals surface area contributed by atoms with Gasteiger partial charge in [-0.2, -0.15) is 0 Å². The molecule has 3 aromatic rings. The molecule has 38 heavy (non-hydrogen) atoms. The standard InChI is InChI=1S/C27H29ClN2O6.C2H6/c1-3-36-26(34)27(10-11-35-2,15-23(31)32)24-19-7-5-4-6-16(19)13-21(24)30-25(33)22-14-17-12-18(28)8-9-20(17)29-22;1-2/h4-9,12,14,21,24,29H,3,10-11,13,15H2,1-2H3,(H,30,33)(H,31,32);1-2H3/t21?,24-,27?;/m1./s1. The van der Waals surface area contributed by atoms with Crippen molar-refractivity contribution in [1.29, 1.82) is 0 Å². The van der Waals surface area contributed by atoms with Crippen molar-refractivity contribution >= 4 is 40.3 Å². The van der Waals surface area contributed by atoms with Crippen molar-refractivity contribution < 1.29 is 29.0 Å². The first-order valence-electron chi connectivity index (χ1n) is 12.8. The predicted molar refractivity (Wildman–Crippen MR) is 147 cm³/mol. The number of carboxylic acids is 1. The molecule has 1 heterocycles. The fraction of sp³-hybridized carbons (Fsp3) is 0.414. The zero-order chi connectivity index (χ0) is 27.9. The number of benzene rings is 2. The lowest BCUT2D eigenvalue weighted by molar-refractivity contribution is -0.164. The van der Waals surface area contributed by atoms with Gasteiger partial charge in [-0.3, -0.25) is 14.4 Å². The first kappa shape index (κ1) is 29.2. The molecular weight excluding hydrogens is 508 g/mol. The number of ether oxygens (including phenoxy) is 2. The maximum atomic E-state index is 13.5. The molecule has 8 nitrogen and oxygen atoms in total. The Balaban J connectivity index is 0.00000195. The van der Waals surface area contributed by atoms with Gasteiger partial charge in [-0.1, -0.05) is 49.7 Å². The first-order chi connectivity index (χ1) is 18.3. The van der Waals surface area contributed by atoms with Gasteiger partial charge in [0.2, 0.25) is 0 Å². The molecule has 1 aliphatic rings. The number of fused-ring (bicyclic) bond motifs is 2. The summed E-state index contributed by atoms with van der Waals surface area (Å²) < 4.78 is 10.7. The topological polar surface area (TPSA) is 118 Å². The lowest BCUT2D eigenvalue weighted by atomic mass is 9.66. The lowest BCUT2D eigenvalue weighted by Gasteiger charge is -2.39. The van der Waals surface area contributed by atoms with E-state index < -0.39 is 35.7 Å². The van der Waals surface area contributed by atoms with Crippen LogP contribution < -0.4 is 5.32 Å². The Morgan fingerprint density at radius 3 is 2.58 bits per heavy atom. The van der Waals surface area contributed by atoms with Gasteiger partial charge in [0.25, 0.3) is 5.91 Å². The number of H-pyrrole nitrogens is 1. The number of amides is 1. The molecule has 2 aromatic carbocycles. The van der Waals surface area contributed by atoms with E-state index in [9.17, 15) is 19.5 Å². The highest BCUT2D eigenvalue weighted by atomic mass is 35.5. The zero-order valence-electron chi connectivity index (χ0n) is 22.2. The molecule has 0 saturated carbocycles. The normalized spacial score (nSPS) is 17.6. The molecule has 1 aliphatic carbocycles. The molecule has 4 rings (SSSR count). The van der Waals surface area contributed by atoms with Crippen LogP contribution in [0.15, 0.2) is 48.5 Å². The van der Waals surface area contributed by atoms with Crippen LogP contribution in [-0.2, 0) is 25.5 Å². The molecule has 3 N–H and O–H groups in total. The molecule has 0 aliphatic heterocycles. The molecule has 0 spiro atoms. The van der Waals surface area contributed by atoms with Crippen molar-refractivity contribution in [2.24, 2.45) is 5.41 Å². The third-order valence-electron chi connectivity index (χ3n) is 6.87. The van der Waals surface area contributed by atoms with Crippen LogP contribution >= 0.6 is 11.6 Å². The molecule has 0 radical (unpaired) electrons. The number of carbonyl (C=O) groups is 3. The molecule has 0 bridgehead atoms. The number of carbonyl (C=O) groups excluding carboxylic acids is 2. The molecule has 204 valence electrons. The predicted octanol–water partition coefficient (Wildman–Crippen LogP) is 5.35. The van der Waals surface area contributed by atoms with Gasteiger partial charge in [-0.25, -0.2) is 0 Å². The second kappa shape index (κ2) is 12.9. The molecule has 0 fully saturated rings. The third kappa shape index (κ3) is 6.03. The van der Waals surface area contributed by atoms with Crippen molar-refractivity contribution in [3.63, 3.8) is 0 Å². The van der Waals surface area contributed by atoms with Crippen LogP contribution in [0.2, 0.25) is 5.02 Å². The van der Waals surface area contributed by atoms with E-state index in [0.29, 0.717) is 17.1 Å². The summed E-state index contributed by atoms with van der Waals surface area (Å²) in [4.78, 5) is 42.0. The number of carboxylic acid groups (broad SMARTS) is 1. The van der Waals surface area contributed by atoms with E-state index >= 15 is 0 Å². The highest BCUT2D eigenvalue weighted by Gasteiger charge is 2.54. The lowest BCUT2D eigenvalue weighted by Crippen LogP contribution is -2.50. The van der Waals surface area contributed by atoms with Crippen molar-refractivity contribution in [2.45, 2.75) is 52.0 Å². The van der Waals surface area contributed by atoms with E-state index in [1.165, 1.54) is 7.11 Å². The average molecular weight is 543 g/mol. The van der Waals surface area contributed by atoms with E-state index in [0.717, 1.165) is 22.0 Å². The second-order valence-corrected chi connectivity index (χ2v) is 9.50. The van der Waals surface area contributed by atoms with Crippen LogP contribution in [0.25, 0.3) is 10.9 Å². The first-order valence-corrected chi connectivity index (χ1v) is 13.2. The number of aromatic amines is 1. The summed E-state index contributed by atoms with van der Waals surface area (Å²) in [6.07, 6.45) is 0.128. The van der Waals surface area contributed by atoms with E-state index in [-0.39, 0.29) is 25.5 Å². The number of hydrogen-bond acceptors (Lipinski definition) is 5. The van der Waals surface area contributed by atoms with E-state index in [4.69, 9.17) is 21.1 Å². The SMILES string of the molecule is CC.CCOC(=O)C(CCOC)(CC(=O)O)[C@@H]1c2ccccc2CC1NC(=O)c1cc2cc(Cl)ccc2[nH]1. The van der Waals surface area contributed by atoms with E-state index in [1.54, 1.807) is 31.2 Å². The van der Waals surface area contributed by atoms with Crippen LogP contribution in [-0.4, -0.2) is 54.3 Å². The van der Waals surface area contributed by atoms with Gasteiger partial charge in [-0.15, -0.1) is 0 Å². The van der Waals surface area contributed by atoms with Gasteiger partial charge < -0.3 is 24.9 Å². The number of aliphatic carboxylic acids is 1. The third-order valence-corrected chi connectivity index (χ3v) is 7.11. The molecule has 1 amide bonds. The molecular formula is C29H35ClN2O6. The van der Waals surface area contributed by atoms with Gasteiger partial charge in [0.15, 0.2) is 0 Å². The van der Waals surface area contributed by atoms with Crippen molar-refractivity contribution in [3.8, 4) is 0 Å². The maximum absolute atomic E-state index is 13.5. The van der Waals surface area contributed by atoms with Crippen LogP contribution in [0.4, 0.5) is 0 Å². The fourth-order valence-corrected chi connectivity index (χ4v) is 5.55. The zero-order valence-corrected chi connectivity index (χ0v) is 22.9. The van der Waals surface area contributed by atoms with Gasteiger partial charge in [-0.05, 0) is 55.2 Å². The number of halogens is 1. The highest BCUT2D eigenvalue weighted by Crippen LogP contribution is 2.50. The number of aromatic nitrogens is 1. The molecule has 1 aromatic heterocycles. The van der Waals surface area contributed by atoms with Gasteiger partial charge >= 0.3 is 11.9 Å². The van der Waals surface area contributed by atoms with Gasteiger partial charge in [0, 0.05) is 41.6 Å². The monoisotopic (exact) mass is 542 g/mol. The quantitative estimate of drug-likeness (QED) is 0.297. The summed E-state index contributed by atoms with van der Waals surface area (Å²) in [5.41, 5.74) is 1.46. The van der Waals surface area contributed by atoms with E-state index in [2.05, 4.69) is 10.3 Å². The number of nitrogens with one attached hydrogen (secondary N) is 2. The second-order valence-electron chi connectivity index (χ2n) is 9.07. The minimum absolute atomic E-state index is 0.107. The Labute approximate surface area is 227 Å². The minimum atomic E-state index is -1.43. The van der Waals surface area contributed by atoms with Crippen LogP contribution in [0, 0.1) is 5.41 Å². The summed E-state index contributed by atoms with van der Waals surface area (Å²) in [5.74, 6) is -2.71. The van der Waals surface area contributed by atoms with E-state index in [1.807, 2.05) is 38.1 Å². The van der Waals surface area contributed by atoms with Gasteiger partial charge in [0.05, 0.1) is 18.4 Å². The number of esters is 1. The van der Waals surface area contributed by atoms with Crippen LogP contribution in [0.3, 0.4) is 0 Å². The molecule has 9 heteroatoms.